The molecule has 0 aliphatic heterocycles. The van der Waals surface area contributed by atoms with Gasteiger partial charge in [0.15, 0.2) is 0 Å². The van der Waals surface area contributed by atoms with E-state index in [-0.39, 0.29) is 11.1 Å². The first-order valence-corrected chi connectivity index (χ1v) is 5.89. The fraction of sp³-hybridized carbons (Fsp3) is 0.0769. The smallest absolute Gasteiger partial charge is 0.266 e. The summed E-state index contributed by atoms with van der Waals surface area (Å²) in [4.78, 5) is 16.0. The van der Waals surface area contributed by atoms with Crippen LogP contribution in [0.25, 0.3) is 0 Å². The lowest BCUT2D eigenvalue weighted by molar-refractivity contribution is 1.06. The van der Waals surface area contributed by atoms with E-state index in [0.29, 0.717) is 0 Å². The van der Waals surface area contributed by atoms with Gasteiger partial charge in [-0.15, -0.1) is 0 Å². The molecule has 1 heterocycles. The molecule has 1 aromatic carbocycles. The zero-order chi connectivity index (χ0) is 12.3. The molecule has 1 N–H and O–H groups in total. The van der Waals surface area contributed by atoms with Crippen molar-refractivity contribution in [3.05, 3.63) is 58.0 Å². The SMILES string of the molecule is Cc1[nH]c(=O)c(C#N)cc1Sc1ccccc1. The van der Waals surface area contributed by atoms with E-state index in [4.69, 9.17) is 5.26 Å². The summed E-state index contributed by atoms with van der Waals surface area (Å²) in [6, 6.07) is 13.4. The van der Waals surface area contributed by atoms with Crippen molar-refractivity contribution < 1.29 is 0 Å². The van der Waals surface area contributed by atoms with Crippen LogP contribution in [0, 0.1) is 18.3 Å². The Kier molecular flexibility index (Phi) is 3.31. The molecule has 2 rings (SSSR count). The predicted octanol–water partition coefficient (Wildman–Crippen LogP) is 2.71. The zero-order valence-corrected chi connectivity index (χ0v) is 10.0. The van der Waals surface area contributed by atoms with Gasteiger partial charge in [0.1, 0.15) is 11.6 Å². The minimum atomic E-state index is -0.331. The average molecular weight is 242 g/mol. The number of hydrogen-bond donors (Lipinski definition) is 1. The van der Waals surface area contributed by atoms with Gasteiger partial charge in [-0.05, 0) is 25.1 Å². The van der Waals surface area contributed by atoms with Gasteiger partial charge in [0, 0.05) is 15.5 Å². The fourth-order valence-electron chi connectivity index (χ4n) is 1.41. The summed E-state index contributed by atoms with van der Waals surface area (Å²) in [5.74, 6) is 0. The molecule has 17 heavy (non-hydrogen) atoms. The topological polar surface area (TPSA) is 56.6 Å². The van der Waals surface area contributed by atoms with Gasteiger partial charge in [0.2, 0.25) is 0 Å². The largest absolute Gasteiger partial charge is 0.324 e. The standard InChI is InChI=1S/C13H10N2OS/c1-9-12(7-10(8-14)13(16)15-9)17-11-5-3-2-4-6-11/h2-7H,1H3,(H,15,16). The van der Waals surface area contributed by atoms with Gasteiger partial charge in [0.25, 0.3) is 5.56 Å². The van der Waals surface area contributed by atoms with Crippen molar-refractivity contribution in [2.45, 2.75) is 16.7 Å². The van der Waals surface area contributed by atoms with E-state index in [1.54, 1.807) is 6.07 Å². The molecule has 0 atom stereocenters. The summed E-state index contributed by atoms with van der Waals surface area (Å²) in [6.45, 7) is 1.83. The first-order chi connectivity index (χ1) is 8.20. The third-order valence-electron chi connectivity index (χ3n) is 2.28. The molecule has 0 unspecified atom stereocenters. The van der Waals surface area contributed by atoms with Gasteiger partial charge in [-0.25, -0.2) is 0 Å². The van der Waals surface area contributed by atoms with Crippen molar-refractivity contribution in [1.29, 1.82) is 5.26 Å². The molecule has 0 amide bonds. The molecule has 0 saturated heterocycles. The molecule has 1 aromatic heterocycles. The highest BCUT2D eigenvalue weighted by Gasteiger charge is 2.06. The summed E-state index contributed by atoms with van der Waals surface area (Å²) in [7, 11) is 0. The molecule has 0 aliphatic rings. The van der Waals surface area contributed by atoms with Crippen LogP contribution in [0.2, 0.25) is 0 Å². The molecule has 4 heteroatoms. The number of H-pyrrole nitrogens is 1. The van der Waals surface area contributed by atoms with Crippen LogP contribution in [-0.2, 0) is 0 Å². The highest BCUT2D eigenvalue weighted by molar-refractivity contribution is 7.99. The van der Waals surface area contributed by atoms with Crippen molar-refractivity contribution in [3.63, 3.8) is 0 Å². The highest BCUT2D eigenvalue weighted by Crippen LogP contribution is 2.28. The molecule has 0 aliphatic carbocycles. The summed E-state index contributed by atoms with van der Waals surface area (Å²) >= 11 is 1.53. The van der Waals surface area contributed by atoms with Crippen molar-refractivity contribution >= 4 is 11.8 Å². The van der Waals surface area contributed by atoms with Gasteiger partial charge >= 0.3 is 0 Å². The third kappa shape index (κ3) is 2.58. The Balaban J connectivity index is 2.41. The lowest BCUT2D eigenvalue weighted by atomic mass is 10.3. The molecule has 0 radical (unpaired) electrons. The summed E-state index contributed by atoms with van der Waals surface area (Å²) in [6.07, 6.45) is 0. The van der Waals surface area contributed by atoms with Gasteiger partial charge in [-0.1, -0.05) is 30.0 Å². The Morgan fingerprint density at radius 3 is 2.65 bits per heavy atom. The van der Waals surface area contributed by atoms with E-state index < -0.39 is 0 Å². The number of aromatic nitrogens is 1. The number of aromatic amines is 1. The average Bonchev–Trinajstić information content (AvgIpc) is 2.34. The molecule has 84 valence electrons. The van der Waals surface area contributed by atoms with Crippen molar-refractivity contribution in [1.82, 2.24) is 4.98 Å². The van der Waals surface area contributed by atoms with Crippen LogP contribution >= 0.6 is 11.8 Å². The minimum Gasteiger partial charge on any atom is -0.324 e. The van der Waals surface area contributed by atoms with Gasteiger partial charge < -0.3 is 4.98 Å². The van der Waals surface area contributed by atoms with Crippen LogP contribution in [0.3, 0.4) is 0 Å². The summed E-state index contributed by atoms with van der Waals surface area (Å²) in [5.41, 5.74) is 0.597. The maximum atomic E-state index is 11.4. The molecular formula is C13H10N2OS. The van der Waals surface area contributed by atoms with Crippen LogP contribution in [0.15, 0.2) is 51.0 Å². The third-order valence-corrected chi connectivity index (χ3v) is 3.43. The minimum absolute atomic E-state index is 0.147. The van der Waals surface area contributed by atoms with Gasteiger partial charge in [0.05, 0.1) is 0 Å². The maximum absolute atomic E-state index is 11.4. The van der Waals surface area contributed by atoms with E-state index in [1.807, 2.05) is 43.3 Å². The molecule has 0 saturated carbocycles. The normalized spacial score (nSPS) is 9.88. The second-order valence-corrected chi connectivity index (χ2v) is 4.64. The second kappa shape index (κ2) is 4.89. The molecule has 3 nitrogen and oxygen atoms in total. The second-order valence-electron chi connectivity index (χ2n) is 3.53. The number of pyridine rings is 1. The van der Waals surface area contributed by atoms with Crippen molar-refractivity contribution in [2.75, 3.05) is 0 Å². The quantitative estimate of drug-likeness (QED) is 0.880. The lowest BCUT2D eigenvalue weighted by Crippen LogP contribution is -2.11. The molecule has 0 bridgehead atoms. The Hall–Kier alpha value is -1.99. The monoisotopic (exact) mass is 242 g/mol. The Bertz CT molecular complexity index is 626. The number of aryl methyl sites for hydroxylation is 1. The van der Waals surface area contributed by atoms with E-state index in [9.17, 15) is 4.79 Å². The van der Waals surface area contributed by atoms with Crippen LogP contribution in [0.1, 0.15) is 11.3 Å². The number of nitrogens with one attached hydrogen (secondary N) is 1. The highest BCUT2D eigenvalue weighted by atomic mass is 32.2. The van der Waals surface area contributed by atoms with Crippen LogP contribution < -0.4 is 5.56 Å². The lowest BCUT2D eigenvalue weighted by Gasteiger charge is -2.05. The number of nitrogens with zero attached hydrogens (tertiary/aromatic N) is 1. The van der Waals surface area contributed by atoms with E-state index >= 15 is 0 Å². The molecular weight excluding hydrogens is 232 g/mol. The zero-order valence-electron chi connectivity index (χ0n) is 9.23. The van der Waals surface area contributed by atoms with Crippen LogP contribution in [0.4, 0.5) is 0 Å². The van der Waals surface area contributed by atoms with Crippen molar-refractivity contribution in [3.8, 4) is 6.07 Å². The predicted molar refractivity (Wildman–Crippen MR) is 67.1 cm³/mol. The summed E-state index contributed by atoms with van der Waals surface area (Å²) < 4.78 is 0. The number of rotatable bonds is 2. The summed E-state index contributed by atoms with van der Waals surface area (Å²) in [5, 5.41) is 8.82. The Morgan fingerprint density at radius 1 is 1.29 bits per heavy atom. The van der Waals surface area contributed by atoms with Gasteiger partial charge in [-0.3, -0.25) is 4.79 Å². The fourth-order valence-corrected chi connectivity index (χ4v) is 2.34. The Labute approximate surface area is 103 Å². The van der Waals surface area contributed by atoms with Crippen molar-refractivity contribution in [2.24, 2.45) is 0 Å². The first-order valence-electron chi connectivity index (χ1n) is 5.07. The van der Waals surface area contributed by atoms with Crippen LogP contribution in [0.5, 0.6) is 0 Å². The van der Waals surface area contributed by atoms with E-state index in [0.717, 1.165) is 15.5 Å². The number of hydrogen-bond acceptors (Lipinski definition) is 3. The number of nitriles is 1. The van der Waals surface area contributed by atoms with E-state index in [2.05, 4.69) is 4.98 Å². The molecule has 2 aromatic rings. The maximum Gasteiger partial charge on any atom is 0.266 e. The number of benzene rings is 1. The van der Waals surface area contributed by atoms with Gasteiger partial charge in [-0.2, -0.15) is 5.26 Å². The molecule has 0 spiro atoms. The first kappa shape index (κ1) is 11.5. The Morgan fingerprint density at radius 2 is 2.00 bits per heavy atom. The molecule has 0 fully saturated rings. The van der Waals surface area contributed by atoms with E-state index in [1.165, 1.54) is 11.8 Å². The van der Waals surface area contributed by atoms with Crippen LogP contribution in [-0.4, -0.2) is 4.98 Å².